The van der Waals surface area contributed by atoms with Gasteiger partial charge in [0.2, 0.25) is 0 Å². The molecule has 2 nitrogen and oxygen atoms in total. The van der Waals surface area contributed by atoms with E-state index in [4.69, 9.17) is 5.26 Å². The van der Waals surface area contributed by atoms with Crippen LogP contribution in [0.1, 0.15) is 18.9 Å². The summed E-state index contributed by atoms with van der Waals surface area (Å²) in [5.41, 5.74) is 1.31. The van der Waals surface area contributed by atoms with Gasteiger partial charge in [0.15, 0.2) is 0 Å². The molecular weight excluding hydrogens is 264 g/mol. The first-order chi connectivity index (χ1) is 7.77. The van der Waals surface area contributed by atoms with Crippen LogP contribution in [-0.2, 0) is 6.42 Å². The van der Waals surface area contributed by atoms with Crippen molar-refractivity contribution in [3.63, 3.8) is 0 Å². The second-order valence-corrected chi connectivity index (χ2v) is 4.63. The van der Waals surface area contributed by atoms with E-state index in [0.29, 0.717) is 0 Å². The Hall–Kier alpha value is -0.850. The van der Waals surface area contributed by atoms with Crippen molar-refractivity contribution in [2.24, 2.45) is 5.92 Å². The number of nitrogens with one attached hydrogen (secondary N) is 1. The molecule has 1 N–H and O–H groups in total. The van der Waals surface area contributed by atoms with Gasteiger partial charge in [-0.25, -0.2) is 0 Å². The molecule has 0 heterocycles. The number of benzene rings is 1. The summed E-state index contributed by atoms with van der Waals surface area (Å²) in [4.78, 5) is 0. The predicted octanol–water partition coefficient (Wildman–Crippen LogP) is 3.13. The van der Waals surface area contributed by atoms with E-state index >= 15 is 0 Å². The maximum Gasteiger partial charge on any atom is 0.0669 e. The van der Waals surface area contributed by atoms with Gasteiger partial charge in [-0.05, 0) is 31.0 Å². The first-order valence-electron chi connectivity index (χ1n) is 5.61. The average molecular weight is 281 g/mol. The summed E-state index contributed by atoms with van der Waals surface area (Å²) in [6.45, 7) is 3.75. The van der Waals surface area contributed by atoms with Crippen LogP contribution in [0.25, 0.3) is 0 Å². The van der Waals surface area contributed by atoms with Gasteiger partial charge in [0.25, 0.3) is 0 Å². The molecule has 0 aliphatic heterocycles. The highest BCUT2D eigenvalue weighted by Crippen LogP contribution is 2.15. The minimum Gasteiger partial charge on any atom is -0.315 e. The Morgan fingerprint density at radius 1 is 1.44 bits per heavy atom. The maximum absolute atomic E-state index is 8.79. The smallest absolute Gasteiger partial charge is 0.0669 e. The summed E-state index contributed by atoms with van der Waals surface area (Å²) in [5, 5.41) is 12.1. The van der Waals surface area contributed by atoms with Crippen LogP contribution in [0.3, 0.4) is 0 Å². The number of nitriles is 1. The molecule has 0 saturated carbocycles. The molecule has 1 aromatic rings. The molecule has 0 aliphatic carbocycles. The van der Waals surface area contributed by atoms with Crippen molar-refractivity contribution < 1.29 is 0 Å². The van der Waals surface area contributed by atoms with Crippen LogP contribution in [0.2, 0.25) is 0 Å². The monoisotopic (exact) mass is 280 g/mol. The zero-order chi connectivity index (χ0) is 11.8. The van der Waals surface area contributed by atoms with Gasteiger partial charge in [-0.1, -0.05) is 41.1 Å². The van der Waals surface area contributed by atoms with Gasteiger partial charge in [0.1, 0.15) is 0 Å². The molecular formula is C13H17BrN2. The number of halogens is 1. The van der Waals surface area contributed by atoms with Crippen molar-refractivity contribution in [1.82, 2.24) is 5.32 Å². The molecule has 0 aliphatic rings. The third-order valence-electron chi connectivity index (χ3n) is 2.60. The van der Waals surface area contributed by atoms with Crippen LogP contribution in [0, 0.1) is 17.2 Å². The molecule has 0 fully saturated rings. The van der Waals surface area contributed by atoms with Gasteiger partial charge >= 0.3 is 0 Å². The lowest BCUT2D eigenvalue weighted by atomic mass is 10.1. The fourth-order valence-electron chi connectivity index (χ4n) is 1.48. The normalized spacial score (nSPS) is 12.1. The summed E-state index contributed by atoms with van der Waals surface area (Å²) in [5.74, 6) is 0.138. The zero-order valence-corrected chi connectivity index (χ0v) is 11.1. The zero-order valence-electron chi connectivity index (χ0n) is 9.54. The summed E-state index contributed by atoms with van der Waals surface area (Å²) in [7, 11) is 0. The molecule has 0 aromatic heterocycles. The molecule has 1 rings (SSSR count). The SMILES string of the molecule is CCC(C#N)CNCCc1ccccc1Br. The van der Waals surface area contributed by atoms with E-state index in [-0.39, 0.29) is 5.92 Å². The Kier molecular flexibility index (Phi) is 6.14. The summed E-state index contributed by atoms with van der Waals surface area (Å²) in [6, 6.07) is 10.5. The lowest BCUT2D eigenvalue weighted by molar-refractivity contribution is 0.554. The van der Waals surface area contributed by atoms with Gasteiger partial charge in [0, 0.05) is 11.0 Å². The molecule has 16 heavy (non-hydrogen) atoms. The lowest BCUT2D eigenvalue weighted by Crippen LogP contribution is -2.24. The topological polar surface area (TPSA) is 35.8 Å². The minimum atomic E-state index is 0.138. The average Bonchev–Trinajstić information content (AvgIpc) is 2.31. The van der Waals surface area contributed by atoms with Crippen LogP contribution in [0.15, 0.2) is 28.7 Å². The number of rotatable bonds is 6. The quantitative estimate of drug-likeness (QED) is 0.813. The number of hydrogen-bond donors (Lipinski definition) is 1. The van der Waals surface area contributed by atoms with Crippen LogP contribution in [-0.4, -0.2) is 13.1 Å². The Bertz CT molecular complexity index is 357. The lowest BCUT2D eigenvalue weighted by Gasteiger charge is -2.08. The fourth-order valence-corrected chi connectivity index (χ4v) is 1.96. The van der Waals surface area contributed by atoms with Crippen molar-refractivity contribution in [3.05, 3.63) is 34.3 Å². The highest BCUT2D eigenvalue weighted by atomic mass is 79.9. The molecule has 86 valence electrons. The van der Waals surface area contributed by atoms with Crippen molar-refractivity contribution in [2.45, 2.75) is 19.8 Å². The summed E-state index contributed by atoms with van der Waals surface area (Å²) in [6.07, 6.45) is 1.90. The molecule has 3 heteroatoms. The van der Waals surface area contributed by atoms with E-state index in [1.807, 2.05) is 19.1 Å². The van der Waals surface area contributed by atoms with Gasteiger partial charge < -0.3 is 5.32 Å². The molecule has 0 spiro atoms. The van der Waals surface area contributed by atoms with Gasteiger partial charge in [0.05, 0.1) is 12.0 Å². The van der Waals surface area contributed by atoms with Crippen molar-refractivity contribution in [1.29, 1.82) is 5.26 Å². The summed E-state index contributed by atoms with van der Waals surface area (Å²) < 4.78 is 1.16. The summed E-state index contributed by atoms with van der Waals surface area (Å²) >= 11 is 3.52. The largest absolute Gasteiger partial charge is 0.315 e. The molecule has 0 radical (unpaired) electrons. The van der Waals surface area contributed by atoms with Crippen molar-refractivity contribution in [2.75, 3.05) is 13.1 Å². The van der Waals surface area contributed by atoms with Crippen LogP contribution in [0.4, 0.5) is 0 Å². The van der Waals surface area contributed by atoms with E-state index in [2.05, 4.69) is 39.4 Å². The van der Waals surface area contributed by atoms with Crippen molar-refractivity contribution >= 4 is 15.9 Å². The number of hydrogen-bond acceptors (Lipinski definition) is 2. The molecule has 1 unspecified atom stereocenters. The fraction of sp³-hybridized carbons (Fsp3) is 0.462. The van der Waals surface area contributed by atoms with E-state index < -0.39 is 0 Å². The molecule has 1 aromatic carbocycles. The van der Waals surface area contributed by atoms with E-state index in [1.165, 1.54) is 5.56 Å². The minimum absolute atomic E-state index is 0.138. The number of nitrogens with zero attached hydrogens (tertiary/aromatic N) is 1. The van der Waals surface area contributed by atoms with Crippen LogP contribution < -0.4 is 5.32 Å². The second kappa shape index (κ2) is 7.43. The Morgan fingerprint density at radius 2 is 2.19 bits per heavy atom. The highest BCUT2D eigenvalue weighted by Gasteiger charge is 2.03. The third-order valence-corrected chi connectivity index (χ3v) is 3.37. The maximum atomic E-state index is 8.79. The standard InChI is InChI=1S/C13H17BrN2/c1-2-11(9-15)10-16-8-7-12-5-3-4-6-13(12)14/h3-6,11,16H,2,7-8,10H2,1H3. The molecule has 0 saturated heterocycles. The Morgan fingerprint density at radius 3 is 2.81 bits per heavy atom. The third kappa shape index (κ3) is 4.34. The molecule has 0 amide bonds. The van der Waals surface area contributed by atoms with E-state index in [9.17, 15) is 0 Å². The Balaban J connectivity index is 2.27. The van der Waals surface area contributed by atoms with Crippen LogP contribution >= 0.6 is 15.9 Å². The van der Waals surface area contributed by atoms with Gasteiger partial charge in [-0.15, -0.1) is 0 Å². The Labute approximate surface area is 106 Å². The van der Waals surface area contributed by atoms with Gasteiger partial charge in [-0.3, -0.25) is 0 Å². The van der Waals surface area contributed by atoms with Crippen molar-refractivity contribution in [3.8, 4) is 6.07 Å². The van der Waals surface area contributed by atoms with E-state index in [0.717, 1.165) is 30.4 Å². The van der Waals surface area contributed by atoms with Crippen LogP contribution in [0.5, 0.6) is 0 Å². The first kappa shape index (κ1) is 13.2. The van der Waals surface area contributed by atoms with E-state index in [1.54, 1.807) is 0 Å². The first-order valence-corrected chi connectivity index (χ1v) is 6.41. The highest BCUT2D eigenvalue weighted by molar-refractivity contribution is 9.10. The molecule has 0 bridgehead atoms. The second-order valence-electron chi connectivity index (χ2n) is 3.78. The van der Waals surface area contributed by atoms with Gasteiger partial charge in [-0.2, -0.15) is 5.26 Å². The molecule has 1 atom stereocenters. The predicted molar refractivity (Wildman–Crippen MR) is 70.1 cm³/mol.